The van der Waals surface area contributed by atoms with E-state index in [9.17, 15) is 10.0 Å². The van der Waals surface area contributed by atoms with Crippen molar-refractivity contribution in [1.29, 1.82) is 0 Å². The third-order valence-corrected chi connectivity index (χ3v) is 3.57. The summed E-state index contributed by atoms with van der Waals surface area (Å²) in [6.45, 7) is 0. The van der Waals surface area contributed by atoms with Crippen molar-refractivity contribution in [3.8, 4) is 0 Å². The van der Waals surface area contributed by atoms with Gasteiger partial charge in [0, 0.05) is 17.8 Å². The molecule has 0 saturated heterocycles. The van der Waals surface area contributed by atoms with Crippen molar-refractivity contribution in [2.45, 2.75) is 6.42 Å². The van der Waals surface area contributed by atoms with Gasteiger partial charge in [-0.15, -0.1) is 0 Å². The Morgan fingerprint density at radius 2 is 1.57 bits per heavy atom. The number of hydrogen-bond donors (Lipinski definition) is 1. The number of anilines is 1. The number of hydrogen-bond acceptors (Lipinski definition) is 2. The minimum atomic E-state index is -0.230. The first-order valence-corrected chi connectivity index (χ1v) is 7.34. The van der Waals surface area contributed by atoms with Gasteiger partial charge in [0.15, 0.2) is 12.4 Å². The van der Waals surface area contributed by atoms with E-state index in [0.29, 0.717) is 10.3 Å². The normalized spacial score (nSPS) is 10.3. The highest BCUT2D eigenvalue weighted by Crippen LogP contribution is 2.19. The molecule has 0 atom stereocenters. The summed E-state index contributed by atoms with van der Waals surface area (Å²) in [7, 11) is 0. The summed E-state index contributed by atoms with van der Waals surface area (Å²) in [5.41, 5.74) is 3.45. The van der Waals surface area contributed by atoms with Gasteiger partial charge in [-0.25, -0.2) is 0 Å². The predicted octanol–water partition coefficient (Wildman–Crippen LogP) is 3.16. The third-order valence-electron chi connectivity index (χ3n) is 3.57. The molecule has 1 N–H and O–H groups in total. The molecule has 0 aliphatic rings. The standard InChI is InChI=1S/C19H16N2O2/c22-19(16-10-12-21(23)13-11-16)20-18-9-5-4-8-17(18)14-15-6-2-1-3-7-15/h1-13H,14H2,(H,20,22). The van der Waals surface area contributed by atoms with Crippen LogP contribution in [0.3, 0.4) is 0 Å². The minimum Gasteiger partial charge on any atom is -0.619 e. The molecule has 4 nitrogen and oxygen atoms in total. The second kappa shape index (κ2) is 6.75. The molecule has 23 heavy (non-hydrogen) atoms. The Balaban J connectivity index is 1.80. The third kappa shape index (κ3) is 3.74. The lowest BCUT2D eigenvalue weighted by atomic mass is 10.0. The Morgan fingerprint density at radius 3 is 2.30 bits per heavy atom. The molecule has 0 bridgehead atoms. The number of nitrogens with zero attached hydrogens (tertiary/aromatic N) is 1. The fourth-order valence-electron chi connectivity index (χ4n) is 2.37. The number of carbonyl (C=O) groups excluding carboxylic acids is 1. The maximum Gasteiger partial charge on any atom is 0.256 e. The fraction of sp³-hybridized carbons (Fsp3) is 0.0526. The van der Waals surface area contributed by atoms with Crippen LogP contribution in [0.25, 0.3) is 0 Å². The molecular weight excluding hydrogens is 288 g/mol. The van der Waals surface area contributed by atoms with Crippen molar-refractivity contribution < 1.29 is 9.52 Å². The molecule has 0 aliphatic heterocycles. The molecule has 0 radical (unpaired) electrons. The van der Waals surface area contributed by atoms with Crippen LogP contribution in [-0.4, -0.2) is 5.91 Å². The van der Waals surface area contributed by atoms with Crippen molar-refractivity contribution in [2.75, 3.05) is 5.32 Å². The molecule has 1 heterocycles. The molecule has 0 fully saturated rings. The van der Waals surface area contributed by atoms with Gasteiger partial charge in [0.2, 0.25) is 0 Å². The Labute approximate surface area is 134 Å². The van der Waals surface area contributed by atoms with E-state index in [1.807, 2.05) is 42.5 Å². The van der Waals surface area contributed by atoms with Crippen LogP contribution in [0.1, 0.15) is 21.5 Å². The molecule has 114 valence electrons. The molecule has 4 heteroatoms. The van der Waals surface area contributed by atoms with Crippen LogP contribution in [0.2, 0.25) is 0 Å². The lowest BCUT2D eigenvalue weighted by molar-refractivity contribution is -0.605. The molecule has 0 aliphatic carbocycles. The number of para-hydroxylation sites is 1. The number of amides is 1. The Kier molecular flexibility index (Phi) is 4.34. The van der Waals surface area contributed by atoms with Gasteiger partial charge in [0.05, 0.1) is 5.56 Å². The molecule has 2 aromatic carbocycles. The summed E-state index contributed by atoms with van der Waals surface area (Å²) in [5, 5.41) is 14.0. The first-order valence-electron chi connectivity index (χ1n) is 7.34. The lowest BCUT2D eigenvalue weighted by Crippen LogP contribution is -2.25. The number of benzene rings is 2. The zero-order valence-corrected chi connectivity index (χ0v) is 12.5. The molecule has 3 aromatic rings. The monoisotopic (exact) mass is 304 g/mol. The molecule has 0 unspecified atom stereocenters. The van der Waals surface area contributed by atoms with Crippen molar-refractivity contribution in [3.63, 3.8) is 0 Å². The predicted molar refractivity (Wildman–Crippen MR) is 89.0 cm³/mol. The average Bonchev–Trinajstić information content (AvgIpc) is 2.58. The van der Waals surface area contributed by atoms with E-state index in [4.69, 9.17) is 0 Å². The van der Waals surface area contributed by atoms with Crippen molar-refractivity contribution in [3.05, 3.63) is 101 Å². The highest BCUT2D eigenvalue weighted by molar-refractivity contribution is 6.04. The van der Waals surface area contributed by atoms with Crippen LogP contribution >= 0.6 is 0 Å². The number of aromatic nitrogens is 1. The van der Waals surface area contributed by atoms with Crippen LogP contribution in [-0.2, 0) is 6.42 Å². The summed E-state index contributed by atoms with van der Waals surface area (Å²) >= 11 is 0. The van der Waals surface area contributed by atoms with E-state index in [1.165, 1.54) is 30.1 Å². The molecule has 3 rings (SSSR count). The van der Waals surface area contributed by atoms with Gasteiger partial charge in [-0.1, -0.05) is 48.5 Å². The summed E-state index contributed by atoms with van der Waals surface area (Å²) in [6, 6.07) is 20.8. The van der Waals surface area contributed by atoms with Gasteiger partial charge in [-0.3, -0.25) is 4.79 Å². The van der Waals surface area contributed by atoms with Crippen LogP contribution in [0.15, 0.2) is 79.1 Å². The SMILES string of the molecule is O=C(Nc1ccccc1Cc1ccccc1)c1cc[n+]([O-])cc1. The van der Waals surface area contributed by atoms with E-state index in [2.05, 4.69) is 17.4 Å². The van der Waals surface area contributed by atoms with Crippen molar-refractivity contribution in [2.24, 2.45) is 0 Å². The van der Waals surface area contributed by atoms with Gasteiger partial charge in [-0.2, -0.15) is 4.73 Å². The molecule has 1 amide bonds. The van der Waals surface area contributed by atoms with Gasteiger partial charge in [0.25, 0.3) is 5.91 Å². The lowest BCUT2D eigenvalue weighted by Gasteiger charge is -2.11. The zero-order valence-electron chi connectivity index (χ0n) is 12.5. The number of rotatable bonds is 4. The van der Waals surface area contributed by atoms with Crippen LogP contribution < -0.4 is 10.0 Å². The summed E-state index contributed by atoms with van der Waals surface area (Å²) in [5.74, 6) is -0.230. The van der Waals surface area contributed by atoms with Crippen molar-refractivity contribution >= 4 is 11.6 Å². The Morgan fingerprint density at radius 1 is 0.913 bits per heavy atom. The smallest absolute Gasteiger partial charge is 0.256 e. The topological polar surface area (TPSA) is 56.0 Å². The van der Waals surface area contributed by atoms with Crippen LogP contribution in [0.5, 0.6) is 0 Å². The van der Waals surface area contributed by atoms with Gasteiger partial charge in [-0.05, 0) is 23.6 Å². The van der Waals surface area contributed by atoms with E-state index in [1.54, 1.807) is 0 Å². The second-order valence-electron chi connectivity index (χ2n) is 5.22. The van der Waals surface area contributed by atoms with E-state index in [-0.39, 0.29) is 5.91 Å². The summed E-state index contributed by atoms with van der Waals surface area (Å²) in [6.07, 6.45) is 3.36. The van der Waals surface area contributed by atoms with E-state index < -0.39 is 0 Å². The molecular formula is C19H16N2O2. The molecule has 0 saturated carbocycles. The maximum atomic E-state index is 12.3. The number of nitrogens with one attached hydrogen (secondary N) is 1. The Hall–Kier alpha value is -3.14. The van der Waals surface area contributed by atoms with Crippen LogP contribution in [0, 0.1) is 5.21 Å². The summed E-state index contributed by atoms with van der Waals surface area (Å²) in [4.78, 5) is 12.3. The minimum absolute atomic E-state index is 0.230. The fourth-order valence-corrected chi connectivity index (χ4v) is 2.37. The van der Waals surface area contributed by atoms with Gasteiger partial charge < -0.3 is 10.5 Å². The second-order valence-corrected chi connectivity index (χ2v) is 5.22. The Bertz CT molecular complexity index is 799. The number of carbonyl (C=O) groups is 1. The van der Waals surface area contributed by atoms with E-state index >= 15 is 0 Å². The summed E-state index contributed by atoms with van der Waals surface area (Å²) < 4.78 is 0.653. The highest BCUT2D eigenvalue weighted by atomic mass is 16.5. The molecule has 0 spiro atoms. The zero-order chi connectivity index (χ0) is 16.1. The first kappa shape index (κ1) is 14.8. The van der Waals surface area contributed by atoms with Crippen molar-refractivity contribution in [1.82, 2.24) is 0 Å². The average molecular weight is 304 g/mol. The number of pyridine rings is 1. The highest BCUT2D eigenvalue weighted by Gasteiger charge is 2.10. The van der Waals surface area contributed by atoms with Gasteiger partial charge in [0.1, 0.15) is 0 Å². The largest absolute Gasteiger partial charge is 0.619 e. The van der Waals surface area contributed by atoms with E-state index in [0.717, 1.165) is 17.7 Å². The maximum absolute atomic E-state index is 12.3. The van der Waals surface area contributed by atoms with Crippen LogP contribution in [0.4, 0.5) is 5.69 Å². The quantitative estimate of drug-likeness (QED) is 0.594. The first-order chi connectivity index (χ1) is 11.2. The van der Waals surface area contributed by atoms with Gasteiger partial charge >= 0.3 is 0 Å². The molecule has 1 aromatic heterocycles.